The van der Waals surface area contributed by atoms with Gasteiger partial charge < -0.3 is 0 Å². The van der Waals surface area contributed by atoms with Crippen molar-refractivity contribution in [3.05, 3.63) is 0 Å². The summed E-state index contributed by atoms with van der Waals surface area (Å²) in [5.74, 6) is 0. The molecule has 4 heteroatoms. The van der Waals surface area contributed by atoms with Crippen LogP contribution in [0.15, 0.2) is 0 Å². The van der Waals surface area contributed by atoms with Crippen molar-refractivity contribution in [3.63, 3.8) is 0 Å². The molecule has 0 heterocycles. The van der Waals surface area contributed by atoms with Crippen LogP contribution < -0.4 is 0 Å². The van der Waals surface area contributed by atoms with Gasteiger partial charge >= 0.3 is 5.51 Å². The SMILES string of the molecule is CC(C)SC(F)(F)F. The van der Waals surface area contributed by atoms with Gasteiger partial charge in [0, 0.05) is 5.25 Å². The molecule has 0 atom stereocenters. The summed E-state index contributed by atoms with van der Waals surface area (Å²) >= 11 is 0.0116. The van der Waals surface area contributed by atoms with Crippen molar-refractivity contribution in [2.45, 2.75) is 24.6 Å². The molecule has 0 spiro atoms. The summed E-state index contributed by atoms with van der Waals surface area (Å²) in [5, 5.41) is -0.366. The molecule has 0 unspecified atom stereocenters. The standard InChI is InChI=1S/C4H7F3S/c1-3(2)8-4(5,6)7/h3H,1-2H3. The predicted molar refractivity (Wildman–Crippen MR) is 28.8 cm³/mol. The fraction of sp³-hybridized carbons (Fsp3) is 1.00. The fourth-order valence-corrected chi connectivity index (χ4v) is 0.802. The van der Waals surface area contributed by atoms with Crippen molar-refractivity contribution in [2.24, 2.45) is 0 Å². The van der Waals surface area contributed by atoms with Gasteiger partial charge in [-0.3, -0.25) is 0 Å². The van der Waals surface area contributed by atoms with Crippen LogP contribution in [-0.2, 0) is 0 Å². The second-order valence-electron chi connectivity index (χ2n) is 1.61. The number of hydrogen-bond acceptors (Lipinski definition) is 1. The highest BCUT2D eigenvalue weighted by Gasteiger charge is 2.29. The summed E-state index contributed by atoms with van der Waals surface area (Å²) in [4.78, 5) is 0. The first-order chi connectivity index (χ1) is 3.42. The molecule has 0 aromatic heterocycles. The van der Waals surface area contributed by atoms with E-state index in [9.17, 15) is 13.2 Å². The summed E-state index contributed by atoms with van der Waals surface area (Å²) in [7, 11) is 0. The molecule has 0 N–H and O–H groups in total. The van der Waals surface area contributed by atoms with Gasteiger partial charge in [0.15, 0.2) is 0 Å². The van der Waals surface area contributed by atoms with Crippen LogP contribution in [0.1, 0.15) is 13.8 Å². The van der Waals surface area contributed by atoms with Crippen LogP contribution in [0.3, 0.4) is 0 Å². The molecule has 50 valence electrons. The van der Waals surface area contributed by atoms with E-state index in [4.69, 9.17) is 0 Å². The minimum atomic E-state index is -4.06. The molecule has 0 bridgehead atoms. The lowest BCUT2D eigenvalue weighted by Gasteiger charge is -2.06. The van der Waals surface area contributed by atoms with Crippen molar-refractivity contribution < 1.29 is 13.2 Å². The maximum absolute atomic E-state index is 11.3. The zero-order chi connectivity index (χ0) is 6.78. The lowest BCUT2D eigenvalue weighted by molar-refractivity contribution is -0.0331. The lowest BCUT2D eigenvalue weighted by Crippen LogP contribution is -2.04. The van der Waals surface area contributed by atoms with E-state index < -0.39 is 5.51 Å². The number of rotatable bonds is 1. The van der Waals surface area contributed by atoms with E-state index in [0.29, 0.717) is 0 Å². The van der Waals surface area contributed by atoms with E-state index in [1.54, 1.807) is 0 Å². The van der Waals surface area contributed by atoms with E-state index in [1.807, 2.05) is 0 Å². The normalized spacial score (nSPS) is 12.8. The molecule has 0 aromatic rings. The molecule has 0 saturated heterocycles. The van der Waals surface area contributed by atoms with E-state index in [0.717, 1.165) is 0 Å². The van der Waals surface area contributed by atoms with E-state index in [-0.39, 0.29) is 17.0 Å². The maximum Gasteiger partial charge on any atom is 0.442 e. The quantitative estimate of drug-likeness (QED) is 0.545. The molecule has 0 aliphatic carbocycles. The lowest BCUT2D eigenvalue weighted by atomic mass is 10.6. The predicted octanol–water partition coefficient (Wildman–Crippen LogP) is 2.65. The monoisotopic (exact) mass is 144 g/mol. The van der Waals surface area contributed by atoms with Gasteiger partial charge in [0.2, 0.25) is 0 Å². The Balaban J connectivity index is 3.39. The Morgan fingerprint density at radius 3 is 1.62 bits per heavy atom. The summed E-state index contributed by atoms with van der Waals surface area (Å²) in [5.41, 5.74) is -4.06. The van der Waals surface area contributed by atoms with Gasteiger partial charge in [-0.05, 0) is 11.8 Å². The summed E-state index contributed by atoms with van der Waals surface area (Å²) in [6.45, 7) is 3.02. The zero-order valence-electron chi connectivity index (χ0n) is 4.62. The average Bonchev–Trinajstić information content (AvgIpc) is 1.21. The Labute approximate surface area is 50.5 Å². The van der Waals surface area contributed by atoms with E-state index >= 15 is 0 Å². The van der Waals surface area contributed by atoms with Crippen LogP contribution in [0.25, 0.3) is 0 Å². The molecule has 0 radical (unpaired) electrons. The minimum Gasteiger partial charge on any atom is -0.160 e. The molecule has 0 aliphatic heterocycles. The molecule has 0 nitrogen and oxygen atoms in total. The van der Waals surface area contributed by atoms with E-state index in [1.165, 1.54) is 13.8 Å². The number of hydrogen-bond donors (Lipinski definition) is 0. The van der Waals surface area contributed by atoms with Gasteiger partial charge in [-0.2, -0.15) is 13.2 Å². The first kappa shape index (κ1) is 8.14. The molecule has 0 fully saturated rings. The average molecular weight is 144 g/mol. The number of thioether (sulfide) groups is 1. The van der Waals surface area contributed by atoms with Gasteiger partial charge in [0.05, 0.1) is 0 Å². The molecule has 0 aromatic carbocycles. The Hall–Kier alpha value is 0.140. The number of alkyl halides is 3. The second kappa shape index (κ2) is 2.62. The second-order valence-corrected chi connectivity index (χ2v) is 3.25. The fourth-order valence-electron chi connectivity index (χ4n) is 0.267. The maximum atomic E-state index is 11.3. The molecular weight excluding hydrogens is 137 g/mol. The van der Waals surface area contributed by atoms with Crippen molar-refractivity contribution in [1.82, 2.24) is 0 Å². The van der Waals surface area contributed by atoms with E-state index in [2.05, 4.69) is 0 Å². The van der Waals surface area contributed by atoms with Gasteiger partial charge in [-0.25, -0.2) is 0 Å². The van der Waals surface area contributed by atoms with Crippen LogP contribution in [0.4, 0.5) is 13.2 Å². The molecule has 0 amide bonds. The topological polar surface area (TPSA) is 0 Å². The van der Waals surface area contributed by atoms with Crippen LogP contribution in [0, 0.1) is 0 Å². The van der Waals surface area contributed by atoms with Crippen LogP contribution in [0.5, 0.6) is 0 Å². The van der Waals surface area contributed by atoms with Crippen LogP contribution in [-0.4, -0.2) is 10.8 Å². The summed E-state index contributed by atoms with van der Waals surface area (Å²) < 4.78 is 33.8. The summed E-state index contributed by atoms with van der Waals surface area (Å²) in [6, 6.07) is 0. The van der Waals surface area contributed by atoms with Crippen molar-refractivity contribution in [1.29, 1.82) is 0 Å². The largest absolute Gasteiger partial charge is 0.442 e. The molecular formula is C4H7F3S. The Kier molecular flexibility index (Phi) is 2.66. The van der Waals surface area contributed by atoms with Gasteiger partial charge in [0.25, 0.3) is 0 Å². The van der Waals surface area contributed by atoms with Crippen LogP contribution >= 0.6 is 11.8 Å². The van der Waals surface area contributed by atoms with Crippen molar-refractivity contribution >= 4 is 11.8 Å². The highest BCUT2D eigenvalue weighted by Crippen LogP contribution is 2.33. The third kappa shape index (κ3) is 6.14. The van der Waals surface area contributed by atoms with Gasteiger partial charge in [-0.15, -0.1) is 0 Å². The Morgan fingerprint density at radius 2 is 1.62 bits per heavy atom. The van der Waals surface area contributed by atoms with Gasteiger partial charge in [-0.1, -0.05) is 13.8 Å². The van der Waals surface area contributed by atoms with Gasteiger partial charge in [0.1, 0.15) is 0 Å². The smallest absolute Gasteiger partial charge is 0.160 e. The molecule has 0 saturated carbocycles. The first-order valence-corrected chi connectivity index (χ1v) is 3.04. The minimum absolute atomic E-state index is 0.0116. The Bertz CT molecular complexity index is 66.2. The highest BCUT2D eigenvalue weighted by atomic mass is 32.2. The summed E-state index contributed by atoms with van der Waals surface area (Å²) in [6.07, 6.45) is 0. The van der Waals surface area contributed by atoms with Crippen molar-refractivity contribution in [2.75, 3.05) is 0 Å². The zero-order valence-corrected chi connectivity index (χ0v) is 5.44. The first-order valence-electron chi connectivity index (χ1n) is 2.16. The Morgan fingerprint density at radius 1 is 1.25 bits per heavy atom. The van der Waals surface area contributed by atoms with Crippen LogP contribution in [0.2, 0.25) is 0 Å². The third-order valence-corrected chi connectivity index (χ3v) is 1.11. The highest BCUT2D eigenvalue weighted by molar-refractivity contribution is 8.00. The van der Waals surface area contributed by atoms with Crippen molar-refractivity contribution in [3.8, 4) is 0 Å². The molecule has 0 aliphatic rings. The molecule has 8 heavy (non-hydrogen) atoms. The third-order valence-electron chi connectivity index (χ3n) is 0.369. The molecule has 0 rings (SSSR count). The number of halogens is 3.